The van der Waals surface area contributed by atoms with Crippen molar-refractivity contribution in [2.45, 2.75) is 20.3 Å². The number of thioether (sulfide) groups is 1. The van der Waals surface area contributed by atoms with Gasteiger partial charge in [-0.05, 0) is 12.2 Å². The first kappa shape index (κ1) is 11.6. The molecule has 0 bridgehead atoms. The topological polar surface area (TPSA) is 20.3 Å². The van der Waals surface area contributed by atoms with Gasteiger partial charge in [-0.2, -0.15) is 0 Å². The Labute approximate surface area is 79.0 Å². The summed E-state index contributed by atoms with van der Waals surface area (Å²) in [6.45, 7) is 8.60. The monoisotopic (exact) mass is 187 g/mol. The normalized spacial score (nSPS) is 9.58. The summed E-state index contributed by atoms with van der Waals surface area (Å²) in [6, 6.07) is 0. The van der Waals surface area contributed by atoms with Gasteiger partial charge in [-0.3, -0.25) is 4.79 Å². The molecule has 2 nitrogen and oxygen atoms in total. The van der Waals surface area contributed by atoms with Crippen LogP contribution in [0.3, 0.4) is 0 Å². The lowest BCUT2D eigenvalue weighted by Gasteiger charge is -2.16. The van der Waals surface area contributed by atoms with Crippen molar-refractivity contribution in [3.05, 3.63) is 11.5 Å². The van der Waals surface area contributed by atoms with Crippen LogP contribution in [0, 0.1) is 0 Å². The van der Waals surface area contributed by atoms with Gasteiger partial charge in [-0.15, -0.1) is 11.8 Å². The van der Waals surface area contributed by atoms with Crippen LogP contribution in [0.25, 0.3) is 0 Å². The summed E-state index contributed by atoms with van der Waals surface area (Å²) in [7, 11) is 1.81. The van der Waals surface area contributed by atoms with E-state index < -0.39 is 0 Å². The third kappa shape index (κ3) is 3.81. The molecule has 0 aliphatic heterocycles. The van der Waals surface area contributed by atoms with E-state index in [9.17, 15) is 4.79 Å². The highest BCUT2D eigenvalue weighted by Crippen LogP contribution is 2.14. The minimum Gasteiger partial charge on any atom is -0.341 e. The van der Waals surface area contributed by atoms with Crippen LogP contribution in [0.1, 0.15) is 20.3 Å². The summed E-state index contributed by atoms with van der Waals surface area (Å²) in [5.41, 5.74) is 0. The highest BCUT2D eigenvalue weighted by atomic mass is 32.2. The average Bonchev–Trinajstić information content (AvgIpc) is 2.04. The van der Waals surface area contributed by atoms with Gasteiger partial charge < -0.3 is 4.90 Å². The molecule has 0 heterocycles. The Kier molecular flexibility index (Phi) is 5.89. The number of nitrogens with zero attached hydrogens (tertiary/aromatic N) is 1. The molecule has 0 aromatic rings. The van der Waals surface area contributed by atoms with Gasteiger partial charge in [-0.1, -0.05) is 20.4 Å². The molecule has 0 rings (SSSR count). The lowest BCUT2D eigenvalue weighted by Crippen LogP contribution is -2.27. The second-order valence-electron chi connectivity index (χ2n) is 2.58. The zero-order chi connectivity index (χ0) is 9.56. The molecule has 0 saturated heterocycles. The van der Waals surface area contributed by atoms with Crippen LogP contribution in [0.2, 0.25) is 0 Å². The fraction of sp³-hybridized carbons (Fsp3) is 0.667. The van der Waals surface area contributed by atoms with E-state index in [1.807, 2.05) is 14.0 Å². The van der Waals surface area contributed by atoms with Gasteiger partial charge in [0.25, 0.3) is 5.91 Å². The van der Waals surface area contributed by atoms with Crippen molar-refractivity contribution in [1.82, 2.24) is 4.90 Å². The first-order valence-corrected chi connectivity index (χ1v) is 5.19. The van der Waals surface area contributed by atoms with Crippen LogP contribution in [-0.2, 0) is 4.79 Å². The molecule has 0 aromatic heterocycles. The molecule has 3 heteroatoms. The zero-order valence-corrected chi connectivity index (χ0v) is 8.91. The van der Waals surface area contributed by atoms with Gasteiger partial charge in [0.2, 0.25) is 0 Å². The summed E-state index contributed by atoms with van der Waals surface area (Å²) in [5, 5.41) is 0. The lowest BCUT2D eigenvalue weighted by atomic mass is 10.4. The molecule has 12 heavy (non-hydrogen) atoms. The van der Waals surface area contributed by atoms with Gasteiger partial charge in [0.15, 0.2) is 0 Å². The summed E-state index contributed by atoms with van der Waals surface area (Å²) >= 11 is 1.51. The van der Waals surface area contributed by atoms with E-state index in [1.54, 1.807) is 4.90 Å². The van der Waals surface area contributed by atoms with Gasteiger partial charge in [0.1, 0.15) is 0 Å². The molecule has 0 aliphatic carbocycles. The highest BCUT2D eigenvalue weighted by Gasteiger charge is 2.10. The second-order valence-corrected chi connectivity index (χ2v) is 3.94. The van der Waals surface area contributed by atoms with Gasteiger partial charge in [0.05, 0.1) is 4.91 Å². The Balaban J connectivity index is 3.91. The Morgan fingerprint density at radius 3 is 2.50 bits per heavy atom. The summed E-state index contributed by atoms with van der Waals surface area (Å²) in [4.78, 5) is 13.8. The minimum atomic E-state index is 0.0590. The molecular weight excluding hydrogens is 170 g/mol. The molecule has 0 atom stereocenters. The van der Waals surface area contributed by atoms with Crippen LogP contribution < -0.4 is 0 Å². The summed E-state index contributed by atoms with van der Waals surface area (Å²) in [5.74, 6) is 0.966. The van der Waals surface area contributed by atoms with Crippen LogP contribution in [0.5, 0.6) is 0 Å². The van der Waals surface area contributed by atoms with Gasteiger partial charge in [-0.25, -0.2) is 0 Å². The summed E-state index contributed by atoms with van der Waals surface area (Å²) in [6.07, 6.45) is 0.992. The zero-order valence-electron chi connectivity index (χ0n) is 8.09. The SMILES string of the molecule is C=C(SCC)C(=O)N(C)CCC. The van der Waals surface area contributed by atoms with E-state index in [2.05, 4.69) is 13.5 Å². The van der Waals surface area contributed by atoms with Crippen molar-refractivity contribution in [2.75, 3.05) is 19.3 Å². The van der Waals surface area contributed by atoms with Crippen molar-refractivity contribution in [1.29, 1.82) is 0 Å². The van der Waals surface area contributed by atoms with E-state index in [4.69, 9.17) is 0 Å². The predicted octanol–water partition coefficient (Wildman–Crippen LogP) is 2.12. The maximum Gasteiger partial charge on any atom is 0.259 e. The third-order valence-electron chi connectivity index (χ3n) is 1.46. The molecule has 0 aromatic carbocycles. The highest BCUT2D eigenvalue weighted by molar-refractivity contribution is 8.03. The van der Waals surface area contributed by atoms with Crippen molar-refractivity contribution in [3.63, 3.8) is 0 Å². The van der Waals surface area contributed by atoms with Crippen LogP contribution >= 0.6 is 11.8 Å². The minimum absolute atomic E-state index is 0.0590. The first-order chi connectivity index (χ1) is 5.63. The molecule has 1 amide bonds. The maximum atomic E-state index is 11.4. The predicted molar refractivity (Wildman–Crippen MR) is 55.2 cm³/mol. The smallest absolute Gasteiger partial charge is 0.259 e. The molecule has 0 saturated carbocycles. The van der Waals surface area contributed by atoms with Crippen molar-refractivity contribution < 1.29 is 4.79 Å². The van der Waals surface area contributed by atoms with Crippen LogP contribution in [0.15, 0.2) is 11.5 Å². The van der Waals surface area contributed by atoms with E-state index in [0.29, 0.717) is 4.91 Å². The van der Waals surface area contributed by atoms with Crippen LogP contribution in [0.4, 0.5) is 0 Å². The van der Waals surface area contributed by atoms with E-state index in [1.165, 1.54) is 11.8 Å². The van der Waals surface area contributed by atoms with E-state index in [0.717, 1.165) is 18.7 Å². The Bertz CT molecular complexity index is 168. The molecule has 0 aliphatic rings. The molecular formula is C9H17NOS. The third-order valence-corrected chi connectivity index (χ3v) is 2.27. The lowest BCUT2D eigenvalue weighted by molar-refractivity contribution is -0.125. The quantitative estimate of drug-likeness (QED) is 0.614. The number of likely N-dealkylation sites (N-methyl/N-ethyl adjacent to an activating group) is 1. The number of hydrogen-bond acceptors (Lipinski definition) is 2. The van der Waals surface area contributed by atoms with E-state index >= 15 is 0 Å². The molecule has 70 valence electrons. The summed E-state index contributed by atoms with van der Waals surface area (Å²) < 4.78 is 0. The number of hydrogen-bond donors (Lipinski definition) is 0. The first-order valence-electron chi connectivity index (χ1n) is 4.20. The molecule has 0 N–H and O–H groups in total. The Hall–Kier alpha value is -0.440. The van der Waals surface area contributed by atoms with Crippen molar-refractivity contribution in [2.24, 2.45) is 0 Å². The average molecular weight is 187 g/mol. The van der Waals surface area contributed by atoms with Crippen LogP contribution in [-0.4, -0.2) is 30.2 Å². The molecule has 0 spiro atoms. The van der Waals surface area contributed by atoms with Crippen molar-refractivity contribution >= 4 is 17.7 Å². The Morgan fingerprint density at radius 1 is 1.50 bits per heavy atom. The van der Waals surface area contributed by atoms with Gasteiger partial charge >= 0.3 is 0 Å². The number of amides is 1. The number of carbonyl (C=O) groups is 1. The van der Waals surface area contributed by atoms with Gasteiger partial charge in [0, 0.05) is 13.6 Å². The largest absolute Gasteiger partial charge is 0.341 e. The molecule has 0 radical (unpaired) electrons. The van der Waals surface area contributed by atoms with Crippen molar-refractivity contribution in [3.8, 4) is 0 Å². The fourth-order valence-corrected chi connectivity index (χ4v) is 1.51. The standard InChI is InChI=1S/C9H17NOS/c1-5-7-10(4)9(11)8(3)12-6-2/h3,5-7H2,1-2,4H3. The molecule has 0 unspecified atom stereocenters. The number of carbonyl (C=O) groups excluding carboxylic acids is 1. The second kappa shape index (κ2) is 6.12. The van der Waals surface area contributed by atoms with E-state index in [-0.39, 0.29) is 5.91 Å². The Morgan fingerprint density at radius 2 is 2.08 bits per heavy atom. The fourth-order valence-electron chi connectivity index (χ4n) is 0.886. The number of rotatable bonds is 5. The maximum absolute atomic E-state index is 11.4. The molecule has 0 fully saturated rings.